The zero-order chi connectivity index (χ0) is 26.9. The molecule has 6 rings (SSSR count). The molecule has 0 spiro atoms. The van der Waals surface area contributed by atoms with Gasteiger partial charge in [-0.1, -0.05) is 36.4 Å². The maximum atomic E-state index is 13.4. The largest absolute Gasteiger partial charge is 0.507 e. The molecule has 7 nitrogen and oxygen atoms in total. The number of hydrogen-bond acceptors (Lipinski definition) is 7. The van der Waals surface area contributed by atoms with E-state index in [4.69, 9.17) is 9.47 Å². The fourth-order valence-electron chi connectivity index (χ4n) is 4.91. The van der Waals surface area contributed by atoms with E-state index in [2.05, 4.69) is 0 Å². The van der Waals surface area contributed by atoms with E-state index >= 15 is 0 Å². The Balaban J connectivity index is 1.35. The molecule has 1 unspecified atom stereocenters. The van der Waals surface area contributed by atoms with Crippen LogP contribution in [0.15, 0.2) is 95.9 Å². The smallest absolute Gasteiger partial charge is 0.300 e. The zero-order valence-electron chi connectivity index (χ0n) is 21.2. The summed E-state index contributed by atoms with van der Waals surface area (Å²) >= 11 is 1.43. The summed E-state index contributed by atoms with van der Waals surface area (Å²) in [5, 5.41) is 13.3. The molecule has 0 bridgehead atoms. The number of benzene rings is 3. The number of carbonyl (C=O) groups excluding carboxylic acids is 2. The van der Waals surface area contributed by atoms with Gasteiger partial charge < -0.3 is 19.5 Å². The monoisotopic (exact) mass is 538 g/mol. The second-order valence-corrected chi connectivity index (χ2v) is 10.4. The van der Waals surface area contributed by atoms with Gasteiger partial charge in [-0.25, -0.2) is 0 Å². The van der Waals surface area contributed by atoms with E-state index in [1.807, 2.05) is 59.8 Å². The van der Waals surface area contributed by atoms with Crippen molar-refractivity contribution in [2.24, 2.45) is 0 Å². The molecule has 1 saturated heterocycles. The van der Waals surface area contributed by atoms with Crippen molar-refractivity contribution in [1.29, 1.82) is 0 Å². The van der Waals surface area contributed by atoms with Crippen LogP contribution in [-0.4, -0.2) is 37.0 Å². The highest BCUT2D eigenvalue weighted by atomic mass is 32.1. The minimum Gasteiger partial charge on any atom is -0.507 e. The fraction of sp³-hybridized carbons (Fsp3) is 0.161. The first-order chi connectivity index (χ1) is 19.0. The van der Waals surface area contributed by atoms with Crippen molar-refractivity contribution in [3.05, 3.63) is 112 Å². The number of carbonyl (C=O) groups is 2. The number of aliphatic hydroxyl groups excluding tert-OH is 1. The average Bonchev–Trinajstić information content (AvgIpc) is 3.59. The van der Waals surface area contributed by atoms with E-state index in [0.29, 0.717) is 42.5 Å². The molecule has 0 aliphatic carbocycles. The highest BCUT2D eigenvalue weighted by Gasteiger charge is 2.47. The number of nitrogens with zero attached hydrogens (tertiary/aromatic N) is 2. The standard InChI is InChI=1S/C31H26N2O5S/c1-32-15-16-37-25-14-9-21(18-24(25)32)29(34)27-28(26-8-5-17-39-26)33(31(36)30(27)35)22-10-12-23(13-11-22)38-19-20-6-3-2-4-7-20/h2-14,17-18,28,34H,15-16,19H2,1H3/b29-27-. The van der Waals surface area contributed by atoms with Gasteiger partial charge in [0.2, 0.25) is 0 Å². The summed E-state index contributed by atoms with van der Waals surface area (Å²) in [6.07, 6.45) is 0. The van der Waals surface area contributed by atoms with Crippen LogP contribution < -0.4 is 19.3 Å². The second-order valence-electron chi connectivity index (χ2n) is 9.41. The van der Waals surface area contributed by atoms with Gasteiger partial charge in [0.15, 0.2) is 0 Å². The number of rotatable bonds is 6. The fourth-order valence-corrected chi connectivity index (χ4v) is 5.74. The Hall–Kier alpha value is -4.56. The van der Waals surface area contributed by atoms with Crippen molar-refractivity contribution in [2.75, 3.05) is 30.0 Å². The highest BCUT2D eigenvalue weighted by Crippen LogP contribution is 2.44. The molecule has 2 aliphatic heterocycles. The van der Waals surface area contributed by atoms with Gasteiger partial charge in [-0.2, -0.15) is 0 Å². The lowest BCUT2D eigenvalue weighted by molar-refractivity contribution is -0.132. The molecule has 2 aliphatic rings. The lowest BCUT2D eigenvalue weighted by Gasteiger charge is -2.28. The lowest BCUT2D eigenvalue weighted by Crippen LogP contribution is -2.29. The maximum Gasteiger partial charge on any atom is 0.300 e. The molecular formula is C31H26N2O5S. The van der Waals surface area contributed by atoms with Gasteiger partial charge in [0, 0.05) is 23.2 Å². The van der Waals surface area contributed by atoms with Crippen molar-refractivity contribution in [1.82, 2.24) is 0 Å². The molecule has 3 heterocycles. The quantitative estimate of drug-likeness (QED) is 0.190. The summed E-state index contributed by atoms with van der Waals surface area (Å²) < 4.78 is 11.6. The molecule has 39 heavy (non-hydrogen) atoms. The predicted octanol–water partition coefficient (Wildman–Crippen LogP) is 5.78. The third-order valence-electron chi connectivity index (χ3n) is 6.95. The van der Waals surface area contributed by atoms with Crippen molar-refractivity contribution < 1.29 is 24.2 Å². The van der Waals surface area contributed by atoms with Crippen LogP contribution >= 0.6 is 11.3 Å². The predicted molar refractivity (Wildman–Crippen MR) is 152 cm³/mol. The summed E-state index contributed by atoms with van der Waals surface area (Å²) in [7, 11) is 1.95. The second kappa shape index (κ2) is 10.3. The number of ketones is 1. The SMILES string of the molecule is CN1CCOc2ccc(/C(O)=C3/C(=O)C(=O)N(c4ccc(OCc5ccccc5)cc4)C3c3cccs3)cc21. The van der Waals surface area contributed by atoms with Gasteiger partial charge in [0.25, 0.3) is 11.7 Å². The van der Waals surface area contributed by atoms with E-state index < -0.39 is 17.7 Å². The first-order valence-corrected chi connectivity index (χ1v) is 13.5. The summed E-state index contributed by atoms with van der Waals surface area (Å²) in [5.41, 5.74) is 2.92. The van der Waals surface area contributed by atoms with Crippen molar-refractivity contribution >= 4 is 40.2 Å². The molecule has 1 fully saturated rings. The topological polar surface area (TPSA) is 79.3 Å². The maximum absolute atomic E-state index is 13.4. The molecule has 8 heteroatoms. The first-order valence-electron chi connectivity index (χ1n) is 12.6. The molecule has 0 radical (unpaired) electrons. The number of likely N-dealkylation sites (N-methyl/N-ethyl adjacent to an activating group) is 1. The van der Waals surface area contributed by atoms with Gasteiger partial charge in [0.1, 0.15) is 36.5 Å². The Labute approximate surface area is 230 Å². The van der Waals surface area contributed by atoms with E-state index in [-0.39, 0.29) is 11.3 Å². The Kier molecular flexibility index (Phi) is 6.54. The van der Waals surface area contributed by atoms with Crippen molar-refractivity contribution in [3.63, 3.8) is 0 Å². The summed E-state index contributed by atoms with van der Waals surface area (Å²) in [5.74, 6) is -0.264. The molecule has 4 aromatic rings. The van der Waals surface area contributed by atoms with Crippen LogP contribution in [0.4, 0.5) is 11.4 Å². The van der Waals surface area contributed by atoms with E-state index in [1.54, 1.807) is 42.5 Å². The van der Waals surface area contributed by atoms with Gasteiger partial charge >= 0.3 is 0 Å². The third-order valence-corrected chi connectivity index (χ3v) is 7.87. The Morgan fingerprint density at radius 1 is 1.03 bits per heavy atom. The normalized spacial score (nSPS) is 18.1. The molecule has 3 aromatic carbocycles. The Bertz CT molecular complexity index is 1550. The molecule has 196 valence electrons. The van der Waals surface area contributed by atoms with Crippen LogP contribution in [0.5, 0.6) is 11.5 Å². The number of fused-ring (bicyclic) bond motifs is 1. The molecule has 1 aromatic heterocycles. The zero-order valence-corrected chi connectivity index (χ0v) is 22.1. The number of amides is 1. The van der Waals surface area contributed by atoms with Crippen LogP contribution in [0, 0.1) is 0 Å². The Morgan fingerprint density at radius 2 is 1.82 bits per heavy atom. The first kappa shape index (κ1) is 24.8. The number of aliphatic hydroxyl groups is 1. The molecule has 0 saturated carbocycles. The number of anilines is 2. The van der Waals surface area contributed by atoms with Crippen LogP contribution in [0.25, 0.3) is 5.76 Å². The highest BCUT2D eigenvalue weighted by molar-refractivity contribution is 7.10. The van der Waals surface area contributed by atoms with E-state index in [1.165, 1.54) is 16.2 Å². The van der Waals surface area contributed by atoms with E-state index in [0.717, 1.165) is 16.1 Å². The average molecular weight is 539 g/mol. The van der Waals surface area contributed by atoms with Gasteiger partial charge in [-0.3, -0.25) is 14.5 Å². The van der Waals surface area contributed by atoms with Crippen LogP contribution in [0.2, 0.25) is 0 Å². The molecule has 1 N–H and O–H groups in total. The van der Waals surface area contributed by atoms with Crippen molar-refractivity contribution in [3.8, 4) is 11.5 Å². The summed E-state index contributed by atoms with van der Waals surface area (Å²) in [6, 6.07) is 25.2. The molecule has 1 atom stereocenters. The molecular weight excluding hydrogens is 512 g/mol. The number of hydrogen-bond donors (Lipinski definition) is 1. The van der Waals surface area contributed by atoms with Gasteiger partial charge in [0.05, 0.1) is 17.8 Å². The number of ether oxygens (including phenoxy) is 2. The summed E-state index contributed by atoms with van der Waals surface area (Å²) in [4.78, 5) is 31.1. The van der Waals surface area contributed by atoms with Gasteiger partial charge in [-0.15, -0.1) is 11.3 Å². The third kappa shape index (κ3) is 4.64. The number of thiophene rings is 1. The van der Waals surface area contributed by atoms with Gasteiger partial charge in [-0.05, 0) is 59.5 Å². The minimum absolute atomic E-state index is 0.0613. The lowest BCUT2D eigenvalue weighted by atomic mass is 9.99. The van der Waals surface area contributed by atoms with E-state index in [9.17, 15) is 14.7 Å². The van der Waals surface area contributed by atoms with Crippen LogP contribution in [0.1, 0.15) is 22.0 Å². The minimum atomic E-state index is -0.758. The summed E-state index contributed by atoms with van der Waals surface area (Å²) in [6.45, 7) is 1.71. The number of Topliss-reactive ketones (excluding diaryl/α,β-unsaturated/α-hetero) is 1. The van der Waals surface area contributed by atoms with Crippen LogP contribution in [0.3, 0.4) is 0 Å². The van der Waals surface area contributed by atoms with Crippen LogP contribution in [-0.2, 0) is 16.2 Å². The van der Waals surface area contributed by atoms with Crippen molar-refractivity contribution in [2.45, 2.75) is 12.6 Å². The Morgan fingerprint density at radius 3 is 2.56 bits per heavy atom. The molecule has 1 amide bonds.